The summed E-state index contributed by atoms with van der Waals surface area (Å²) in [5, 5.41) is 24.7. The first-order chi connectivity index (χ1) is 10.0. The Kier molecular flexibility index (Phi) is 6.26. The molecule has 22 heavy (non-hydrogen) atoms. The number of hydrogen-bond donors (Lipinski definition) is 4. The quantitative estimate of drug-likeness (QED) is 0.388. The normalized spacial score (nSPS) is 32.3. The van der Waals surface area contributed by atoms with Crippen LogP contribution in [0.3, 0.4) is 0 Å². The fourth-order valence-electron chi connectivity index (χ4n) is 2.10. The van der Waals surface area contributed by atoms with Crippen molar-refractivity contribution < 1.29 is 37.1 Å². The summed E-state index contributed by atoms with van der Waals surface area (Å²) in [7, 11) is -3.77. The third-order valence-corrected chi connectivity index (χ3v) is 3.51. The molecule has 5 atom stereocenters. The molecule has 0 aromatic heterocycles. The summed E-state index contributed by atoms with van der Waals surface area (Å²) < 4.78 is 31.8. The summed E-state index contributed by atoms with van der Waals surface area (Å²) in [6, 6.07) is -2.25. The lowest BCUT2D eigenvalue weighted by atomic mass is 9.94. The number of carbonyl (C=O) groups excluding carboxylic acids is 2. The zero-order chi connectivity index (χ0) is 17.1. The van der Waals surface area contributed by atoms with Crippen molar-refractivity contribution in [1.82, 2.24) is 10.6 Å². The summed E-state index contributed by atoms with van der Waals surface area (Å²) in [5.41, 5.74) is 0. The predicted octanol–water partition coefficient (Wildman–Crippen LogP) is -2.95. The Morgan fingerprint density at radius 3 is 2.09 bits per heavy atom. The Bertz CT molecular complexity index is 522. The van der Waals surface area contributed by atoms with Crippen LogP contribution in [0.1, 0.15) is 13.8 Å². The van der Waals surface area contributed by atoms with E-state index in [0.717, 1.165) is 6.26 Å². The summed E-state index contributed by atoms with van der Waals surface area (Å²) >= 11 is 0. The van der Waals surface area contributed by atoms with Gasteiger partial charge in [0.05, 0.1) is 18.9 Å². The number of amides is 2. The van der Waals surface area contributed by atoms with Crippen molar-refractivity contribution in [2.24, 2.45) is 0 Å². The van der Waals surface area contributed by atoms with Crippen LogP contribution in [0.4, 0.5) is 0 Å². The van der Waals surface area contributed by atoms with Gasteiger partial charge in [-0.05, 0) is 0 Å². The lowest BCUT2D eigenvalue weighted by molar-refractivity contribution is -0.224. The van der Waals surface area contributed by atoms with Crippen molar-refractivity contribution >= 4 is 21.9 Å². The molecule has 0 aliphatic carbocycles. The van der Waals surface area contributed by atoms with Gasteiger partial charge in [-0.1, -0.05) is 0 Å². The van der Waals surface area contributed by atoms with Crippen LogP contribution in [0.15, 0.2) is 0 Å². The van der Waals surface area contributed by atoms with Gasteiger partial charge in [0.2, 0.25) is 11.8 Å². The molecule has 0 aromatic carbocycles. The first-order valence-corrected chi connectivity index (χ1v) is 8.23. The fraction of sp³-hybridized carbons (Fsp3) is 0.818. The first kappa shape index (κ1) is 18.8. The summed E-state index contributed by atoms with van der Waals surface area (Å²) in [6.45, 7) is 1.87. The van der Waals surface area contributed by atoms with Gasteiger partial charge in [-0.3, -0.25) is 13.8 Å². The molecule has 1 rings (SSSR count). The largest absolute Gasteiger partial charge is 0.389 e. The molecule has 0 aromatic rings. The first-order valence-electron chi connectivity index (χ1n) is 6.41. The summed E-state index contributed by atoms with van der Waals surface area (Å²) in [5.74, 6) is -1.02. The van der Waals surface area contributed by atoms with Crippen molar-refractivity contribution in [2.45, 2.75) is 44.4 Å². The second kappa shape index (κ2) is 7.33. The van der Waals surface area contributed by atoms with E-state index in [2.05, 4.69) is 14.8 Å². The standard InChI is InChI=1S/C11H20N2O8S/c1-5(14)12-8-7(4-20-22(3,18)19)21-11(17)9(10(8)16)13-6(2)15/h7-11,16-17H,4H2,1-3H3,(H,12,14)(H,13,15)/t7-,8-,9+,10+,11-/m1/s1. The van der Waals surface area contributed by atoms with Crippen molar-refractivity contribution in [3.8, 4) is 0 Å². The van der Waals surface area contributed by atoms with E-state index in [4.69, 9.17) is 4.74 Å². The number of nitrogens with one attached hydrogen (secondary N) is 2. The van der Waals surface area contributed by atoms with E-state index >= 15 is 0 Å². The van der Waals surface area contributed by atoms with E-state index in [9.17, 15) is 28.2 Å². The molecule has 1 fully saturated rings. The molecule has 1 heterocycles. The van der Waals surface area contributed by atoms with Gasteiger partial charge in [0, 0.05) is 13.8 Å². The molecule has 1 aliphatic heterocycles. The number of rotatable bonds is 5. The third-order valence-electron chi connectivity index (χ3n) is 2.94. The van der Waals surface area contributed by atoms with Crippen molar-refractivity contribution in [3.05, 3.63) is 0 Å². The average Bonchev–Trinajstić information content (AvgIpc) is 2.34. The molecule has 0 radical (unpaired) electrons. The molecular formula is C11H20N2O8S. The number of hydrogen-bond acceptors (Lipinski definition) is 8. The molecular weight excluding hydrogens is 320 g/mol. The number of aliphatic hydroxyl groups is 2. The number of ether oxygens (including phenoxy) is 1. The summed E-state index contributed by atoms with van der Waals surface area (Å²) in [6.07, 6.45) is -3.27. The summed E-state index contributed by atoms with van der Waals surface area (Å²) in [4.78, 5) is 22.3. The zero-order valence-electron chi connectivity index (χ0n) is 12.3. The van der Waals surface area contributed by atoms with E-state index in [0.29, 0.717) is 0 Å². The van der Waals surface area contributed by atoms with E-state index < -0.39 is 59.1 Å². The van der Waals surface area contributed by atoms with Crippen LogP contribution < -0.4 is 10.6 Å². The van der Waals surface area contributed by atoms with Gasteiger partial charge in [-0.15, -0.1) is 0 Å². The fourth-order valence-corrected chi connectivity index (χ4v) is 2.48. The van der Waals surface area contributed by atoms with Gasteiger partial charge in [-0.25, -0.2) is 0 Å². The van der Waals surface area contributed by atoms with Gasteiger partial charge >= 0.3 is 0 Å². The highest BCUT2D eigenvalue weighted by Gasteiger charge is 2.45. The molecule has 0 spiro atoms. The molecule has 10 nitrogen and oxygen atoms in total. The number of carbonyl (C=O) groups is 2. The Morgan fingerprint density at radius 2 is 1.64 bits per heavy atom. The van der Waals surface area contributed by atoms with Crippen LogP contribution in [0.2, 0.25) is 0 Å². The zero-order valence-corrected chi connectivity index (χ0v) is 13.2. The van der Waals surface area contributed by atoms with Gasteiger partial charge in [0.15, 0.2) is 6.29 Å². The molecule has 1 aliphatic rings. The minimum Gasteiger partial charge on any atom is -0.389 e. The lowest BCUT2D eigenvalue weighted by Gasteiger charge is -2.42. The van der Waals surface area contributed by atoms with Crippen LogP contribution in [0.5, 0.6) is 0 Å². The van der Waals surface area contributed by atoms with Gasteiger partial charge in [0.1, 0.15) is 18.2 Å². The maximum atomic E-state index is 11.2. The van der Waals surface area contributed by atoms with Gasteiger partial charge in [0.25, 0.3) is 10.1 Å². The van der Waals surface area contributed by atoms with Gasteiger partial charge < -0.3 is 25.6 Å². The Labute approximate surface area is 127 Å². The maximum Gasteiger partial charge on any atom is 0.264 e. The highest BCUT2D eigenvalue weighted by Crippen LogP contribution is 2.21. The minimum atomic E-state index is -3.77. The smallest absolute Gasteiger partial charge is 0.264 e. The number of aliphatic hydroxyl groups excluding tert-OH is 2. The second-order valence-electron chi connectivity index (χ2n) is 5.00. The minimum absolute atomic E-state index is 0.505. The molecule has 0 saturated carbocycles. The predicted molar refractivity (Wildman–Crippen MR) is 72.9 cm³/mol. The van der Waals surface area contributed by atoms with E-state index in [1.54, 1.807) is 0 Å². The third kappa shape index (κ3) is 5.50. The van der Waals surface area contributed by atoms with Crippen LogP contribution in [-0.4, -0.2) is 73.9 Å². The highest BCUT2D eigenvalue weighted by molar-refractivity contribution is 7.85. The second-order valence-corrected chi connectivity index (χ2v) is 6.64. The Morgan fingerprint density at radius 1 is 1.14 bits per heavy atom. The average molecular weight is 340 g/mol. The van der Waals surface area contributed by atoms with Gasteiger partial charge in [-0.2, -0.15) is 8.42 Å². The van der Waals surface area contributed by atoms with Crippen LogP contribution >= 0.6 is 0 Å². The highest BCUT2D eigenvalue weighted by atomic mass is 32.2. The SMILES string of the molecule is CC(=O)N[C@H]1[C@@H](O)[C@H](NC(C)=O)[C@@H](COS(C)(=O)=O)O[C@H]1O. The molecule has 2 amide bonds. The van der Waals surface area contributed by atoms with E-state index in [1.807, 2.05) is 0 Å². The van der Waals surface area contributed by atoms with Crippen molar-refractivity contribution in [3.63, 3.8) is 0 Å². The van der Waals surface area contributed by atoms with Crippen LogP contribution in [0, 0.1) is 0 Å². The maximum absolute atomic E-state index is 11.2. The molecule has 0 bridgehead atoms. The van der Waals surface area contributed by atoms with Crippen LogP contribution in [0.25, 0.3) is 0 Å². The lowest BCUT2D eigenvalue weighted by Crippen LogP contribution is -2.68. The Hall–Kier alpha value is -1.27. The molecule has 0 unspecified atom stereocenters. The monoisotopic (exact) mass is 340 g/mol. The Balaban J connectivity index is 2.91. The van der Waals surface area contributed by atoms with Crippen LogP contribution in [-0.2, 0) is 28.6 Å². The molecule has 11 heteroatoms. The van der Waals surface area contributed by atoms with Crippen molar-refractivity contribution in [1.29, 1.82) is 0 Å². The van der Waals surface area contributed by atoms with E-state index in [1.165, 1.54) is 13.8 Å². The molecule has 4 N–H and O–H groups in total. The topological polar surface area (TPSA) is 151 Å². The molecule has 128 valence electrons. The van der Waals surface area contributed by atoms with E-state index in [-0.39, 0.29) is 0 Å². The van der Waals surface area contributed by atoms with Crippen molar-refractivity contribution in [2.75, 3.05) is 12.9 Å². The molecule has 1 saturated heterocycles.